The summed E-state index contributed by atoms with van der Waals surface area (Å²) in [6.45, 7) is 1.48. The fourth-order valence-electron chi connectivity index (χ4n) is 1.90. The van der Waals surface area contributed by atoms with Crippen LogP contribution in [0.25, 0.3) is 0 Å². The summed E-state index contributed by atoms with van der Waals surface area (Å²) in [5, 5.41) is 3.43. The summed E-state index contributed by atoms with van der Waals surface area (Å²) in [6, 6.07) is 7.82. The van der Waals surface area contributed by atoms with Gasteiger partial charge in [-0.05, 0) is 49.3 Å². The largest absolute Gasteiger partial charge is 0.376 e. The molecule has 0 aliphatic carbocycles. The third-order valence-electron chi connectivity index (χ3n) is 3.01. The summed E-state index contributed by atoms with van der Waals surface area (Å²) in [7, 11) is 0. The maximum absolute atomic E-state index is 11.7. The first-order valence-electron chi connectivity index (χ1n) is 6.96. The number of thiocarbonyl (C=S) groups is 1. The molecule has 0 spiro atoms. The summed E-state index contributed by atoms with van der Waals surface area (Å²) < 4.78 is 6.50. The molecule has 1 aliphatic rings. The number of carbonyl (C=O) groups is 1. The van der Waals surface area contributed by atoms with Gasteiger partial charge in [-0.2, -0.15) is 0 Å². The van der Waals surface area contributed by atoms with Gasteiger partial charge in [0.1, 0.15) is 0 Å². The van der Waals surface area contributed by atoms with Crippen LogP contribution in [0, 0.1) is 0 Å². The van der Waals surface area contributed by atoms with Gasteiger partial charge < -0.3 is 10.1 Å². The predicted molar refractivity (Wildman–Crippen MR) is 95.7 cm³/mol. The molecule has 1 fully saturated rings. The van der Waals surface area contributed by atoms with Gasteiger partial charge in [0.2, 0.25) is 5.91 Å². The Kier molecular flexibility index (Phi) is 7.44. The normalized spacial score (nSPS) is 17.0. The molecule has 1 atom stereocenters. The van der Waals surface area contributed by atoms with E-state index in [1.807, 2.05) is 24.3 Å². The van der Waals surface area contributed by atoms with Crippen molar-refractivity contribution in [3.63, 3.8) is 0 Å². The Morgan fingerprint density at radius 3 is 2.82 bits per heavy atom. The molecule has 5 nitrogen and oxygen atoms in total. The van der Waals surface area contributed by atoms with Gasteiger partial charge in [0.25, 0.3) is 0 Å². The second-order valence-corrected chi connectivity index (χ2v) is 7.13. The van der Waals surface area contributed by atoms with Crippen LogP contribution >= 0.6 is 39.9 Å². The molecule has 1 aliphatic heterocycles. The van der Waals surface area contributed by atoms with Gasteiger partial charge in [-0.3, -0.25) is 15.6 Å². The van der Waals surface area contributed by atoms with Gasteiger partial charge in [0.15, 0.2) is 5.11 Å². The summed E-state index contributed by atoms with van der Waals surface area (Å²) in [5.41, 5.74) is 5.27. The van der Waals surface area contributed by atoms with Crippen molar-refractivity contribution in [2.24, 2.45) is 0 Å². The van der Waals surface area contributed by atoms with Crippen molar-refractivity contribution in [2.45, 2.75) is 23.8 Å². The molecule has 1 heterocycles. The van der Waals surface area contributed by atoms with Gasteiger partial charge in [0, 0.05) is 22.5 Å². The van der Waals surface area contributed by atoms with E-state index in [0.29, 0.717) is 17.4 Å². The molecule has 2 rings (SSSR count). The van der Waals surface area contributed by atoms with Crippen molar-refractivity contribution >= 4 is 50.9 Å². The van der Waals surface area contributed by atoms with Crippen LogP contribution in [0.1, 0.15) is 12.8 Å². The van der Waals surface area contributed by atoms with Crippen LogP contribution in [0.5, 0.6) is 0 Å². The molecule has 22 heavy (non-hydrogen) atoms. The first-order chi connectivity index (χ1) is 10.6. The van der Waals surface area contributed by atoms with Crippen molar-refractivity contribution in [1.29, 1.82) is 0 Å². The van der Waals surface area contributed by atoms with Gasteiger partial charge in [-0.15, -0.1) is 11.8 Å². The maximum Gasteiger partial charge on any atom is 0.248 e. The Morgan fingerprint density at radius 2 is 2.14 bits per heavy atom. The number of hydrogen-bond acceptors (Lipinski definition) is 4. The topological polar surface area (TPSA) is 62.4 Å². The monoisotopic (exact) mass is 403 g/mol. The van der Waals surface area contributed by atoms with Crippen LogP contribution in [0.3, 0.4) is 0 Å². The van der Waals surface area contributed by atoms with E-state index in [-0.39, 0.29) is 12.0 Å². The van der Waals surface area contributed by atoms with E-state index < -0.39 is 0 Å². The van der Waals surface area contributed by atoms with E-state index in [1.165, 1.54) is 11.8 Å². The molecule has 120 valence electrons. The van der Waals surface area contributed by atoms with Crippen LogP contribution in [0.15, 0.2) is 33.6 Å². The number of rotatable bonds is 5. The van der Waals surface area contributed by atoms with Crippen LogP contribution in [0.4, 0.5) is 0 Å². The molecular weight excluding hydrogens is 386 g/mol. The zero-order valence-electron chi connectivity index (χ0n) is 11.9. The summed E-state index contributed by atoms with van der Waals surface area (Å²) in [5.74, 6) is 0.192. The number of ether oxygens (including phenoxy) is 1. The van der Waals surface area contributed by atoms with E-state index >= 15 is 0 Å². The number of hydrazine groups is 1. The third kappa shape index (κ3) is 6.51. The van der Waals surface area contributed by atoms with E-state index in [1.54, 1.807) is 0 Å². The molecule has 3 N–H and O–H groups in total. The zero-order valence-corrected chi connectivity index (χ0v) is 15.2. The minimum absolute atomic E-state index is 0.130. The molecule has 0 bridgehead atoms. The molecular formula is C14H18BrN3O2S2. The highest BCUT2D eigenvalue weighted by molar-refractivity contribution is 9.10. The van der Waals surface area contributed by atoms with Crippen molar-refractivity contribution in [3.8, 4) is 0 Å². The first-order valence-corrected chi connectivity index (χ1v) is 9.15. The fraction of sp³-hybridized carbons (Fsp3) is 0.429. The third-order valence-corrected chi connectivity index (χ3v) is 4.80. The fourth-order valence-corrected chi connectivity index (χ4v) is 3.00. The van der Waals surface area contributed by atoms with Crippen LogP contribution in [0.2, 0.25) is 0 Å². The van der Waals surface area contributed by atoms with Gasteiger partial charge in [0.05, 0.1) is 11.9 Å². The molecule has 0 aromatic heterocycles. The first kappa shape index (κ1) is 17.5. The average Bonchev–Trinajstić information content (AvgIpc) is 3.04. The predicted octanol–water partition coefficient (Wildman–Crippen LogP) is 2.22. The van der Waals surface area contributed by atoms with E-state index in [9.17, 15) is 4.79 Å². The Labute approximate surface area is 148 Å². The lowest BCUT2D eigenvalue weighted by Gasteiger charge is -2.14. The van der Waals surface area contributed by atoms with Crippen LogP contribution < -0.4 is 16.2 Å². The summed E-state index contributed by atoms with van der Waals surface area (Å²) >= 11 is 9.94. The Morgan fingerprint density at radius 1 is 1.36 bits per heavy atom. The van der Waals surface area contributed by atoms with Gasteiger partial charge >= 0.3 is 0 Å². The molecule has 0 saturated carbocycles. The number of benzene rings is 1. The van der Waals surface area contributed by atoms with Crippen molar-refractivity contribution in [3.05, 3.63) is 28.7 Å². The standard InChI is InChI=1S/C14H18BrN3O2S2/c15-10-3-5-12(6-4-10)22-9-13(19)17-18-14(21)16-8-11-2-1-7-20-11/h3-6,11H,1-2,7-9H2,(H,17,19)(H2,16,18,21). The van der Waals surface area contributed by atoms with Crippen molar-refractivity contribution in [2.75, 3.05) is 18.9 Å². The number of nitrogens with one attached hydrogen (secondary N) is 3. The molecule has 1 amide bonds. The van der Waals surface area contributed by atoms with Crippen molar-refractivity contribution in [1.82, 2.24) is 16.2 Å². The number of carbonyl (C=O) groups excluding carboxylic acids is 1. The van der Waals surface area contributed by atoms with Crippen LogP contribution in [-0.4, -0.2) is 36.0 Å². The number of halogens is 1. The minimum atomic E-state index is -0.130. The molecule has 1 saturated heterocycles. The average molecular weight is 404 g/mol. The summed E-state index contributed by atoms with van der Waals surface area (Å²) in [6.07, 6.45) is 2.35. The molecule has 1 unspecified atom stereocenters. The second-order valence-electron chi connectivity index (χ2n) is 4.76. The molecule has 1 aromatic rings. The summed E-state index contributed by atoms with van der Waals surface area (Å²) in [4.78, 5) is 12.8. The van der Waals surface area contributed by atoms with Gasteiger partial charge in [-0.25, -0.2) is 0 Å². The highest BCUT2D eigenvalue weighted by Crippen LogP contribution is 2.20. The Bertz CT molecular complexity index is 507. The molecule has 0 radical (unpaired) electrons. The molecule has 1 aromatic carbocycles. The number of hydrogen-bond donors (Lipinski definition) is 3. The number of amides is 1. The lowest BCUT2D eigenvalue weighted by Crippen LogP contribution is -2.48. The van der Waals surface area contributed by atoms with E-state index in [0.717, 1.165) is 28.8 Å². The Balaban J connectivity index is 1.58. The minimum Gasteiger partial charge on any atom is -0.376 e. The maximum atomic E-state index is 11.7. The molecule has 8 heteroatoms. The number of thioether (sulfide) groups is 1. The Hall–Kier alpha value is -0.830. The zero-order chi connectivity index (χ0) is 15.8. The lowest BCUT2D eigenvalue weighted by molar-refractivity contribution is -0.119. The van der Waals surface area contributed by atoms with Crippen molar-refractivity contribution < 1.29 is 9.53 Å². The SMILES string of the molecule is O=C(CSc1ccc(Br)cc1)NNC(=S)NCC1CCCO1. The van der Waals surface area contributed by atoms with Gasteiger partial charge in [-0.1, -0.05) is 15.9 Å². The van der Waals surface area contributed by atoms with E-state index in [4.69, 9.17) is 17.0 Å². The lowest BCUT2D eigenvalue weighted by atomic mass is 10.2. The highest BCUT2D eigenvalue weighted by Gasteiger charge is 2.15. The highest BCUT2D eigenvalue weighted by atomic mass is 79.9. The quantitative estimate of drug-likeness (QED) is 0.398. The smallest absolute Gasteiger partial charge is 0.248 e. The van der Waals surface area contributed by atoms with Crippen LogP contribution in [-0.2, 0) is 9.53 Å². The van der Waals surface area contributed by atoms with E-state index in [2.05, 4.69) is 32.1 Å². The second kappa shape index (κ2) is 9.34.